The minimum atomic E-state index is -0.500. The summed E-state index contributed by atoms with van der Waals surface area (Å²) in [5, 5.41) is 15.2. The third kappa shape index (κ3) is 2.83. The van der Waals surface area contributed by atoms with Crippen molar-refractivity contribution in [3.8, 4) is 0 Å². The fourth-order valence-corrected chi connectivity index (χ4v) is 3.55. The number of aliphatic hydroxyl groups is 1. The minimum absolute atomic E-state index is 0.0405. The van der Waals surface area contributed by atoms with Gasteiger partial charge in [-0.05, 0) is 37.1 Å². The predicted octanol–water partition coefficient (Wildman–Crippen LogP) is 1.38. The molecular formula is C14H20N2O2S. The second-order valence-corrected chi connectivity index (χ2v) is 6.81. The summed E-state index contributed by atoms with van der Waals surface area (Å²) < 4.78 is 0. The molecule has 0 aromatic carbocycles. The Morgan fingerprint density at radius 3 is 2.95 bits per heavy atom. The SMILES string of the molecule is CC(NC(=O)CN1CC(O)(C2CC2)C1)c1cccs1. The van der Waals surface area contributed by atoms with Crippen LogP contribution < -0.4 is 5.32 Å². The van der Waals surface area contributed by atoms with Crippen LogP contribution in [-0.2, 0) is 4.79 Å². The van der Waals surface area contributed by atoms with E-state index in [0.29, 0.717) is 25.6 Å². The summed E-state index contributed by atoms with van der Waals surface area (Å²) in [4.78, 5) is 15.1. The van der Waals surface area contributed by atoms with Crippen molar-refractivity contribution in [2.75, 3.05) is 19.6 Å². The molecule has 2 N–H and O–H groups in total. The van der Waals surface area contributed by atoms with Crippen LogP contribution >= 0.6 is 11.3 Å². The van der Waals surface area contributed by atoms with E-state index in [1.165, 1.54) is 4.88 Å². The Balaban J connectivity index is 1.43. The van der Waals surface area contributed by atoms with Crippen LogP contribution in [0.4, 0.5) is 0 Å². The molecule has 5 heteroatoms. The van der Waals surface area contributed by atoms with Crippen molar-refractivity contribution in [1.82, 2.24) is 10.2 Å². The van der Waals surface area contributed by atoms with Gasteiger partial charge in [0.25, 0.3) is 0 Å². The molecule has 1 unspecified atom stereocenters. The Morgan fingerprint density at radius 2 is 2.37 bits per heavy atom. The maximum atomic E-state index is 11.9. The molecule has 1 aliphatic carbocycles. The third-order valence-electron chi connectivity index (χ3n) is 4.05. The molecule has 3 rings (SSSR count). The predicted molar refractivity (Wildman–Crippen MR) is 75.0 cm³/mol. The van der Waals surface area contributed by atoms with E-state index in [1.54, 1.807) is 11.3 Å². The molecule has 1 aliphatic heterocycles. The smallest absolute Gasteiger partial charge is 0.234 e. The second-order valence-electron chi connectivity index (χ2n) is 5.83. The second kappa shape index (κ2) is 4.89. The van der Waals surface area contributed by atoms with Crippen LogP contribution in [0.25, 0.3) is 0 Å². The number of nitrogens with zero attached hydrogens (tertiary/aromatic N) is 1. The fourth-order valence-electron chi connectivity index (χ4n) is 2.82. The van der Waals surface area contributed by atoms with E-state index in [1.807, 2.05) is 29.3 Å². The molecule has 2 aliphatic rings. The van der Waals surface area contributed by atoms with Gasteiger partial charge in [0.2, 0.25) is 5.91 Å². The summed E-state index contributed by atoms with van der Waals surface area (Å²) in [6.45, 7) is 3.70. The number of carbonyl (C=O) groups excluding carboxylic acids is 1. The summed E-state index contributed by atoms with van der Waals surface area (Å²) in [7, 11) is 0. The third-order valence-corrected chi connectivity index (χ3v) is 5.10. The highest BCUT2D eigenvalue weighted by Crippen LogP contribution is 2.44. The standard InChI is InChI=1S/C14H20N2O2S/c1-10(12-3-2-6-19-12)15-13(17)7-16-8-14(18,9-16)11-4-5-11/h2-3,6,10-11,18H,4-5,7-9H2,1H3,(H,15,17). The number of nitrogens with one attached hydrogen (secondary N) is 1. The van der Waals surface area contributed by atoms with Crippen LogP contribution in [0.5, 0.6) is 0 Å². The lowest BCUT2D eigenvalue weighted by molar-refractivity contribution is -0.137. The molecule has 0 bridgehead atoms. The molecule has 4 nitrogen and oxygen atoms in total. The average molecular weight is 280 g/mol. The quantitative estimate of drug-likeness (QED) is 0.857. The van der Waals surface area contributed by atoms with E-state index in [4.69, 9.17) is 0 Å². The molecule has 0 spiro atoms. The van der Waals surface area contributed by atoms with E-state index in [-0.39, 0.29) is 11.9 Å². The first kappa shape index (κ1) is 13.1. The molecule has 1 aromatic heterocycles. The first-order valence-electron chi connectivity index (χ1n) is 6.84. The van der Waals surface area contributed by atoms with Gasteiger partial charge in [0.1, 0.15) is 0 Å². The van der Waals surface area contributed by atoms with Crippen molar-refractivity contribution < 1.29 is 9.90 Å². The Bertz CT molecular complexity index is 450. The van der Waals surface area contributed by atoms with Gasteiger partial charge in [-0.15, -0.1) is 11.3 Å². The lowest BCUT2D eigenvalue weighted by Crippen LogP contribution is -2.64. The van der Waals surface area contributed by atoms with Crippen LogP contribution in [0.15, 0.2) is 17.5 Å². The molecule has 2 fully saturated rings. The number of thiophene rings is 1. The Hall–Kier alpha value is -0.910. The van der Waals surface area contributed by atoms with Crippen molar-refractivity contribution >= 4 is 17.2 Å². The molecule has 104 valence electrons. The van der Waals surface area contributed by atoms with Gasteiger partial charge < -0.3 is 10.4 Å². The van der Waals surface area contributed by atoms with Crippen molar-refractivity contribution in [3.05, 3.63) is 22.4 Å². The summed E-state index contributed by atoms with van der Waals surface area (Å²) in [6, 6.07) is 4.09. The van der Waals surface area contributed by atoms with Gasteiger partial charge in [0.15, 0.2) is 0 Å². The number of hydrogen-bond acceptors (Lipinski definition) is 4. The van der Waals surface area contributed by atoms with Crippen LogP contribution in [0, 0.1) is 5.92 Å². The number of rotatable bonds is 5. The molecule has 1 saturated carbocycles. The number of carbonyl (C=O) groups is 1. The molecule has 2 heterocycles. The van der Waals surface area contributed by atoms with Crippen molar-refractivity contribution in [2.24, 2.45) is 5.92 Å². The van der Waals surface area contributed by atoms with Gasteiger partial charge >= 0.3 is 0 Å². The lowest BCUT2D eigenvalue weighted by Gasteiger charge is -2.46. The maximum absolute atomic E-state index is 11.9. The van der Waals surface area contributed by atoms with E-state index in [9.17, 15) is 9.90 Å². The zero-order valence-corrected chi connectivity index (χ0v) is 11.9. The topological polar surface area (TPSA) is 52.6 Å². The van der Waals surface area contributed by atoms with Gasteiger partial charge in [0.05, 0.1) is 18.2 Å². The van der Waals surface area contributed by atoms with E-state index in [0.717, 1.165) is 12.8 Å². The monoisotopic (exact) mass is 280 g/mol. The molecule has 19 heavy (non-hydrogen) atoms. The van der Waals surface area contributed by atoms with E-state index >= 15 is 0 Å². The maximum Gasteiger partial charge on any atom is 0.234 e. The number of β-amino-alcohol motifs (C(OH)–C–C–N with tert-alkyl or cyclic N) is 1. The summed E-state index contributed by atoms with van der Waals surface area (Å²) >= 11 is 1.66. The van der Waals surface area contributed by atoms with Gasteiger partial charge in [-0.25, -0.2) is 0 Å². The van der Waals surface area contributed by atoms with Crippen molar-refractivity contribution in [2.45, 2.75) is 31.4 Å². The Morgan fingerprint density at radius 1 is 1.63 bits per heavy atom. The minimum Gasteiger partial charge on any atom is -0.387 e. The zero-order chi connectivity index (χ0) is 13.5. The first-order valence-corrected chi connectivity index (χ1v) is 7.72. The van der Waals surface area contributed by atoms with Crippen LogP contribution in [0.3, 0.4) is 0 Å². The fraction of sp³-hybridized carbons (Fsp3) is 0.643. The van der Waals surface area contributed by atoms with Gasteiger partial charge in [-0.1, -0.05) is 6.07 Å². The largest absolute Gasteiger partial charge is 0.387 e. The lowest BCUT2D eigenvalue weighted by atomic mass is 9.89. The van der Waals surface area contributed by atoms with Crippen LogP contribution in [0.1, 0.15) is 30.7 Å². The zero-order valence-electron chi connectivity index (χ0n) is 11.1. The number of hydrogen-bond donors (Lipinski definition) is 2. The molecule has 1 saturated heterocycles. The Labute approximate surface area is 117 Å². The van der Waals surface area contributed by atoms with Crippen molar-refractivity contribution in [1.29, 1.82) is 0 Å². The number of amides is 1. The summed E-state index contributed by atoms with van der Waals surface area (Å²) in [6.07, 6.45) is 2.29. The molecular weight excluding hydrogens is 260 g/mol. The van der Waals surface area contributed by atoms with Crippen LogP contribution in [0.2, 0.25) is 0 Å². The van der Waals surface area contributed by atoms with Gasteiger partial charge in [-0.3, -0.25) is 9.69 Å². The molecule has 1 atom stereocenters. The normalized spacial score (nSPS) is 23.7. The summed E-state index contributed by atoms with van der Waals surface area (Å²) in [5.41, 5.74) is -0.500. The van der Waals surface area contributed by atoms with Crippen LogP contribution in [-0.4, -0.2) is 41.1 Å². The summed E-state index contributed by atoms with van der Waals surface area (Å²) in [5.74, 6) is 0.524. The Kier molecular flexibility index (Phi) is 3.37. The molecule has 0 radical (unpaired) electrons. The molecule has 1 amide bonds. The highest BCUT2D eigenvalue weighted by Gasteiger charge is 2.51. The van der Waals surface area contributed by atoms with Crippen molar-refractivity contribution in [3.63, 3.8) is 0 Å². The van der Waals surface area contributed by atoms with Gasteiger partial charge in [-0.2, -0.15) is 0 Å². The van der Waals surface area contributed by atoms with E-state index in [2.05, 4.69) is 5.32 Å². The highest BCUT2D eigenvalue weighted by atomic mass is 32.1. The van der Waals surface area contributed by atoms with Gasteiger partial charge in [0, 0.05) is 18.0 Å². The first-order chi connectivity index (χ1) is 9.07. The molecule has 1 aromatic rings. The number of likely N-dealkylation sites (tertiary alicyclic amines) is 1. The highest BCUT2D eigenvalue weighted by molar-refractivity contribution is 7.10. The van der Waals surface area contributed by atoms with E-state index < -0.39 is 5.60 Å². The average Bonchev–Trinajstić information content (AvgIpc) is 3.02.